The third kappa shape index (κ3) is 3.29. The summed E-state index contributed by atoms with van der Waals surface area (Å²) in [7, 11) is 0. The standard InChI is InChI=1S/C10H16/c1-5-7-9(3)10(4)8-6-2/h5-8,10H,1H2,2-4H3/b8-6-,9-7+. The Morgan fingerprint density at radius 1 is 1.50 bits per heavy atom. The third-order valence-corrected chi connectivity index (χ3v) is 1.58. The lowest BCUT2D eigenvalue weighted by Crippen LogP contribution is -1.89. The van der Waals surface area contributed by atoms with Crippen LogP contribution in [-0.2, 0) is 0 Å². The highest BCUT2D eigenvalue weighted by atomic mass is 14.0. The van der Waals surface area contributed by atoms with Crippen LogP contribution in [0.1, 0.15) is 20.8 Å². The number of hydrogen-bond acceptors (Lipinski definition) is 0. The smallest absolute Gasteiger partial charge is 0.00514 e. The van der Waals surface area contributed by atoms with Gasteiger partial charge in [-0.3, -0.25) is 0 Å². The third-order valence-electron chi connectivity index (χ3n) is 1.58. The van der Waals surface area contributed by atoms with Gasteiger partial charge in [0, 0.05) is 0 Å². The first kappa shape index (κ1) is 9.22. The average molecular weight is 136 g/mol. The molecule has 0 saturated heterocycles. The maximum absolute atomic E-state index is 3.64. The zero-order valence-corrected chi connectivity index (χ0v) is 7.09. The SMILES string of the molecule is C=C/C=C(\C)C(C)/C=C\C. The van der Waals surface area contributed by atoms with Gasteiger partial charge >= 0.3 is 0 Å². The van der Waals surface area contributed by atoms with Gasteiger partial charge < -0.3 is 0 Å². The van der Waals surface area contributed by atoms with E-state index in [1.807, 2.05) is 19.1 Å². The molecular formula is C10H16. The monoisotopic (exact) mass is 136 g/mol. The summed E-state index contributed by atoms with van der Waals surface area (Å²) in [4.78, 5) is 0. The van der Waals surface area contributed by atoms with Crippen LogP contribution in [0.4, 0.5) is 0 Å². The lowest BCUT2D eigenvalue weighted by atomic mass is 10.0. The summed E-state index contributed by atoms with van der Waals surface area (Å²) in [6.07, 6.45) is 8.13. The molecule has 0 aliphatic carbocycles. The van der Waals surface area contributed by atoms with Gasteiger partial charge in [-0.2, -0.15) is 0 Å². The van der Waals surface area contributed by atoms with Crippen molar-refractivity contribution in [1.29, 1.82) is 0 Å². The maximum Gasteiger partial charge on any atom is -0.00514 e. The van der Waals surface area contributed by atoms with E-state index in [9.17, 15) is 0 Å². The van der Waals surface area contributed by atoms with E-state index in [1.54, 1.807) is 0 Å². The van der Waals surface area contributed by atoms with Crippen molar-refractivity contribution < 1.29 is 0 Å². The quantitative estimate of drug-likeness (QED) is 0.412. The molecule has 56 valence electrons. The van der Waals surface area contributed by atoms with Gasteiger partial charge in [-0.25, -0.2) is 0 Å². The molecule has 0 amide bonds. The van der Waals surface area contributed by atoms with E-state index in [-0.39, 0.29) is 0 Å². The van der Waals surface area contributed by atoms with Crippen LogP contribution >= 0.6 is 0 Å². The first-order valence-corrected chi connectivity index (χ1v) is 3.64. The summed E-state index contributed by atoms with van der Waals surface area (Å²) in [6, 6.07) is 0. The molecule has 0 heteroatoms. The van der Waals surface area contributed by atoms with E-state index in [1.165, 1.54) is 5.57 Å². The molecule has 10 heavy (non-hydrogen) atoms. The molecule has 0 saturated carbocycles. The number of allylic oxidation sites excluding steroid dienone is 5. The average Bonchev–Trinajstić information content (AvgIpc) is 1.89. The van der Waals surface area contributed by atoms with Crippen LogP contribution < -0.4 is 0 Å². The highest BCUT2D eigenvalue weighted by Crippen LogP contribution is 2.10. The first-order valence-electron chi connectivity index (χ1n) is 3.64. The Labute approximate surface area is 64.0 Å². The predicted molar refractivity (Wildman–Crippen MR) is 47.9 cm³/mol. The molecule has 0 rings (SSSR count). The minimum absolute atomic E-state index is 0.544. The predicted octanol–water partition coefficient (Wildman–Crippen LogP) is 3.33. The molecule has 0 heterocycles. The van der Waals surface area contributed by atoms with E-state index in [0.29, 0.717) is 5.92 Å². The number of hydrogen-bond donors (Lipinski definition) is 0. The lowest BCUT2D eigenvalue weighted by Gasteiger charge is -2.03. The van der Waals surface area contributed by atoms with Crippen LogP contribution in [0, 0.1) is 5.92 Å². The molecule has 0 fully saturated rings. The van der Waals surface area contributed by atoms with Crippen LogP contribution in [0.5, 0.6) is 0 Å². The Morgan fingerprint density at radius 3 is 2.50 bits per heavy atom. The van der Waals surface area contributed by atoms with Gasteiger partial charge in [0.1, 0.15) is 0 Å². The summed E-state index contributed by atoms with van der Waals surface area (Å²) >= 11 is 0. The largest absolute Gasteiger partial charge is 0.0991 e. The van der Waals surface area contributed by atoms with Crippen LogP contribution in [0.3, 0.4) is 0 Å². The Morgan fingerprint density at radius 2 is 2.10 bits per heavy atom. The fraction of sp³-hybridized carbons (Fsp3) is 0.400. The second-order valence-corrected chi connectivity index (χ2v) is 2.46. The van der Waals surface area contributed by atoms with E-state index in [4.69, 9.17) is 0 Å². The molecule has 0 aromatic heterocycles. The molecule has 0 spiro atoms. The zero-order chi connectivity index (χ0) is 7.98. The molecule has 1 atom stereocenters. The van der Waals surface area contributed by atoms with Crippen molar-refractivity contribution in [3.8, 4) is 0 Å². The molecule has 0 aromatic rings. The van der Waals surface area contributed by atoms with Crippen molar-refractivity contribution in [2.75, 3.05) is 0 Å². The van der Waals surface area contributed by atoms with Gasteiger partial charge in [0.2, 0.25) is 0 Å². The zero-order valence-electron chi connectivity index (χ0n) is 7.09. The second-order valence-electron chi connectivity index (χ2n) is 2.46. The van der Waals surface area contributed by atoms with Crippen molar-refractivity contribution in [1.82, 2.24) is 0 Å². The first-order chi connectivity index (χ1) is 4.72. The van der Waals surface area contributed by atoms with E-state index in [2.05, 4.69) is 32.6 Å². The van der Waals surface area contributed by atoms with Gasteiger partial charge in [-0.05, 0) is 19.8 Å². The van der Waals surface area contributed by atoms with Gasteiger partial charge in [0.05, 0.1) is 0 Å². The topological polar surface area (TPSA) is 0 Å². The summed E-state index contributed by atoms with van der Waals surface area (Å²) in [6.45, 7) is 9.98. The summed E-state index contributed by atoms with van der Waals surface area (Å²) < 4.78 is 0. The Kier molecular flexibility index (Phi) is 4.65. The van der Waals surface area contributed by atoms with Crippen molar-refractivity contribution in [3.05, 3.63) is 36.5 Å². The molecule has 0 N–H and O–H groups in total. The molecular weight excluding hydrogens is 120 g/mol. The molecule has 0 bridgehead atoms. The second kappa shape index (κ2) is 5.04. The summed E-state index contributed by atoms with van der Waals surface area (Å²) in [5, 5.41) is 0. The summed E-state index contributed by atoms with van der Waals surface area (Å²) in [5.41, 5.74) is 1.35. The van der Waals surface area contributed by atoms with Crippen LogP contribution in [0.25, 0.3) is 0 Å². The fourth-order valence-electron chi connectivity index (χ4n) is 0.778. The van der Waals surface area contributed by atoms with E-state index in [0.717, 1.165) is 0 Å². The van der Waals surface area contributed by atoms with Crippen molar-refractivity contribution in [2.45, 2.75) is 20.8 Å². The molecule has 0 aliphatic heterocycles. The normalized spacial score (nSPS) is 15.7. The van der Waals surface area contributed by atoms with Crippen LogP contribution in [-0.4, -0.2) is 0 Å². The van der Waals surface area contributed by atoms with Crippen LogP contribution in [0.2, 0.25) is 0 Å². The highest BCUT2D eigenvalue weighted by Gasteiger charge is 1.95. The van der Waals surface area contributed by atoms with Crippen LogP contribution in [0.15, 0.2) is 36.5 Å². The maximum atomic E-state index is 3.64. The molecule has 0 nitrogen and oxygen atoms in total. The molecule has 0 aromatic carbocycles. The lowest BCUT2D eigenvalue weighted by molar-refractivity contribution is 0.861. The fourth-order valence-corrected chi connectivity index (χ4v) is 0.778. The van der Waals surface area contributed by atoms with Crippen molar-refractivity contribution in [2.24, 2.45) is 5.92 Å². The van der Waals surface area contributed by atoms with E-state index < -0.39 is 0 Å². The van der Waals surface area contributed by atoms with Crippen molar-refractivity contribution >= 4 is 0 Å². The van der Waals surface area contributed by atoms with Crippen molar-refractivity contribution in [3.63, 3.8) is 0 Å². The Balaban J connectivity index is 4.05. The van der Waals surface area contributed by atoms with Gasteiger partial charge in [0.25, 0.3) is 0 Å². The van der Waals surface area contributed by atoms with E-state index >= 15 is 0 Å². The van der Waals surface area contributed by atoms with Gasteiger partial charge in [0.15, 0.2) is 0 Å². The molecule has 0 radical (unpaired) electrons. The molecule has 1 unspecified atom stereocenters. The van der Waals surface area contributed by atoms with Gasteiger partial charge in [-0.1, -0.05) is 43.4 Å². The Hall–Kier alpha value is -0.780. The Bertz CT molecular complexity index is 149. The summed E-state index contributed by atoms with van der Waals surface area (Å²) in [5.74, 6) is 0.544. The minimum Gasteiger partial charge on any atom is -0.0991 e. The number of rotatable bonds is 3. The minimum atomic E-state index is 0.544. The highest BCUT2D eigenvalue weighted by molar-refractivity contribution is 5.14. The molecule has 0 aliphatic rings. The van der Waals surface area contributed by atoms with Gasteiger partial charge in [-0.15, -0.1) is 0 Å².